The molecule has 0 aliphatic carbocycles. The largest absolute Gasteiger partial charge is 0.465 e. The van der Waals surface area contributed by atoms with Crippen molar-refractivity contribution in [3.05, 3.63) is 0 Å². The first-order chi connectivity index (χ1) is 33.6. The van der Waals surface area contributed by atoms with Gasteiger partial charge in [0, 0.05) is 12.8 Å². The van der Waals surface area contributed by atoms with Crippen LogP contribution >= 0.6 is 0 Å². The van der Waals surface area contributed by atoms with E-state index in [2.05, 4.69) is 27.7 Å². The van der Waals surface area contributed by atoms with Gasteiger partial charge in [0.1, 0.15) is 6.10 Å². The number of esters is 2. The van der Waals surface area contributed by atoms with Crippen LogP contribution in [0.1, 0.15) is 381 Å². The number of carbonyl (C=O) groups excluding carboxylic acids is 2. The molecule has 406 valence electrons. The van der Waals surface area contributed by atoms with Crippen LogP contribution in [-0.4, -0.2) is 24.6 Å². The van der Waals surface area contributed by atoms with Crippen LogP contribution in [0.3, 0.4) is 0 Å². The molecule has 0 radical (unpaired) electrons. The lowest BCUT2D eigenvalue weighted by Crippen LogP contribution is -2.18. The van der Waals surface area contributed by atoms with Gasteiger partial charge >= 0.3 is 11.9 Å². The third-order valence-electron chi connectivity index (χ3n) is 15.2. The highest BCUT2D eigenvalue weighted by molar-refractivity contribution is 5.69. The van der Waals surface area contributed by atoms with Gasteiger partial charge < -0.3 is 9.47 Å². The minimum Gasteiger partial charge on any atom is -0.465 e. The summed E-state index contributed by atoms with van der Waals surface area (Å²) in [7, 11) is 0. The molecule has 4 heteroatoms. The van der Waals surface area contributed by atoms with Crippen molar-refractivity contribution in [1.29, 1.82) is 0 Å². The Morgan fingerprint density at radius 1 is 0.265 bits per heavy atom. The summed E-state index contributed by atoms with van der Waals surface area (Å²) >= 11 is 0. The number of ether oxygens (including phenoxy) is 2. The summed E-state index contributed by atoms with van der Waals surface area (Å²) in [5.74, 6) is 0.594. The molecule has 0 spiro atoms. The maximum Gasteiger partial charge on any atom is 0.306 e. The molecule has 0 fully saturated rings. The minimum absolute atomic E-state index is 0.0252. The highest BCUT2D eigenvalue weighted by atomic mass is 16.5. The molecule has 0 rings (SSSR count). The molecule has 0 bridgehead atoms. The summed E-state index contributed by atoms with van der Waals surface area (Å²) in [5.41, 5.74) is 0. The van der Waals surface area contributed by atoms with Crippen molar-refractivity contribution < 1.29 is 19.1 Å². The normalized spacial score (nSPS) is 12.5. The SMILES string of the molecule is CCCCCCCCCCCCCCCCC(CCCCCCCCCCCCCC)COC(=O)CCCCCCCCC(CCCCCC)OC(=O)CCCCCCCCCCCCCCC. The fourth-order valence-electron chi connectivity index (χ4n) is 10.4. The molecule has 0 aliphatic rings. The fourth-order valence-corrected chi connectivity index (χ4v) is 10.4. The first kappa shape index (κ1) is 66.9. The number of hydrogen-bond donors (Lipinski definition) is 0. The highest BCUT2D eigenvalue weighted by Crippen LogP contribution is 2.23. The molecular weight excluding hydrogens is 833 g/mol. The first-order valence-corrected chi connectivity index (χ1v) is 31.9. The number of hydrogen-bond acceptors (Lipinski definition) is 4. The van der Waals surface area contributed by atoms with Gasteiger partial charge in [0.05, 0.1) is 6.61 Å². The third-order valence-corrected chi connectivity index (χ3v) is 15.2. The van der Waals surface area contributed by atoms with Crippen molar-refractivity contribution in [2.45, 2.75) is 387 Å². The van der Waals surface area contributed by atoms with E-state index in [0.717, 1.165) is 44.9 Å². The van der Waals surface area contributed by atoms with Crippen LogP contribution in [0, 0.1) is 5.92 Å². The Balaban J connectivity index is 4.34. The molecule has 0 aromatic heterocycles. The Hall–Kier alpha value is -1.06. The third kappa shape index (κ3) is 54.3. The lowest BCUT2D eigenvalue weighted by atomic mass is 9.94. The van der Waals surface area contributed by atoms with Crippen LogP contribution in [0.5, 0.6) is 0 Å². The molecule has 0 saturated carbocycles. The van der Waals surface area contributed by atoms with Crippen molar-refractivity contribution in [3.63, 3.8) is 0 Å². The fraction of sp³-hybridized carbons (Fsp3) is 0.969. The zero-order valence-electron chi connectivity index (χ0n) is 47.4. The maximum atomic E-state index is 12.9. The summed E-state index contributed by atoms with van der Waals surface area (Å²) in [6, 6.07) is 0. The van der Waals surface area contributed by atoms with Gasteiger partial charge in [-0.05, 0) is 57.3 Å². The van der Waals surface area contributed by atoms with E-state index in [-0.39, 0.29) is 18.0 Å². The first-order valence-electron chi connectivity index (χ1n) is 31.9. The van der Waals surface area contributed by atoms with E-state index in [9.17, 15) is 9.59 Å². The average molecular weight is 960 g/mol. The molecule has 4 nitrogen and oxygen atoms in total. The topological polar surface area (TPSA) is 52.6 Å². The van der Waals surface area contributed by atoms with Crippen molar-refractivity contribution >= 4 is 11.9 Å². The number of rotatable bonds is 59. The zero-order valence-corrected chi connectivity index (χ0v) is 47.4. The Labute approximate surface area is 428 Å². The Morgan fingerprint density at radius 3 is 0.779 bits per heavy atom. The van der Waals surface area contributed by atoms with E-state index >= 15 is 0 Å². The van der Waals surface area contributed by atoms with Gasteiger partial charge in [0.15, 0.2) is 0 Å². The van der Waals surface area contributed by atoms with E-state index < -0.39 is 0 Å². The summed E-state index contributed by atoms with van der Waals surface area (Å²) in [5, 5.41) is 0. The van der Waals surface area contributed by atoms with Crippen molar-refractivity contribution in [2.24, 2.45) is 5.92 Å². The summed E-state index contributed by atoms with van der Waals surface area (Å²) in [6.45, 7) is 9.79. The second kappa shape index (κ2) is 58.5. The van der Waals surface area contributed by atoms with Crippen LogP contribution in [0.2, 0.25) is 0 Å². The van der Waals surface area contributed by atoms with Gasteiger partial charge in [-0.1, -0.05) is 317 Å². The Bertz CT molecular complexity index is 964. The molecule has 0 aromatic rings. The molecule has 68 heavy (non-hydrogen) atoms. The van der Waals surface area contributed by atoms with E-state index in [1.807, 2.05) is 0 Å². The van der Waals surface area contributed by atoms with Gasteiger partial charge in [-0.2, -0.15) is 0 Å². The second-order valence-corrected chi connectivity index (χ2v) is 22.2. The molecule has 0 aromatic carbocycles. The molecule has 0 saturated heterocycles. The molecule has 2 atom stereocenters. The van der Waals surface area contributed by atoms with Gasteiger partial charge in [-0.15, -0.1) is 0 Å². The summed E-state index contributed by atoms with van der Waals surface area (Å²) in [6.07, 6.45) is 70.9. The predicted octanol–water partition coefficient (Wildman–Crippen LogP) is 22.6. The standard InChI is InChI=1S/C64H126O4/c1-5-9-13-17-20-23-26-29-31-33-36-39-44-49-55-61(54-48-43-38-35-32-28-25-22-19-15-11-7-3)60-67-63(65)58-52-46-42-41-45-51-57-62(56-50-16-12-8-4)68-64(66)59-53-47-40-37-34-30-27-24-21-18-14-10-6-2/h61-62H,5-60H2,1-4H3. The van der Waals surface area contributed by atoms with Gasteiger partial charge in [-0.25, -0.2) is 0 Å². The van der Waals surface area contributed by atoms with E-state index in [1.165, 1.54) is 295 Å². The van der Waals surface area contributed by atoms with Crippen LogP contribution in [0.4, 0.5) is 0 Å². The van der Waals surface area contributed by atoms with Crippen LogP contribution in [-0.2, 0) is 19.1 Å². The lowest BCUT2D eigenvalue weighted by molar-refractivity contribution is -0.150. The molecular formula is C64H126O4. The van der Waals surface area contributed by atoms with Crippen LogP contribution in [0.15, 0.2) is 0 Å². The minimum atomic E-state index is 0.0252. The number of unbranched alkanes of at least 4 members (excludes halogenated alkanes) is 44. The molecule has 2 unspecified atom stereocenters. The van der Waals surface area contributed by atoms with E-state index in [4.69, 9.17) is 9.47 Å². The highest BCUT2D eigenvalue weighted by Gasteiger charge is 2.15. The Morgan fingerprint density at radius 2 is 0.485 bits per heavy atom. The Kier molecular flexibility index (Phi) is 57.6. The molecule has 0 N–H and O–H groups in total. The van der Waals surface area contributed by atoms with Crippen LogP contribution in [0.25, 0.3) is 0 Å². The molecule has 0 aliphatic heterocycles. The summed E-state index contributed by atoms with van der Waals surface area (Å²) < 4.78 is 12.1. The smallest absolute Gasteiger partial charge is 0.306 e. The van der Waals surface area contributed by atoms with Crippen molar-refractivity contribution in [3.8, 4) is 0 Å². The van der Waals surface area contributed by atoms with Crippen molar-refractivity contribution in [2.75, 3.05) is 6.61 Å². The van der Waals surface area contributed by atoms with E-state index in [1.54, 1.807) is 0 Å². The average Bonchev–Trinajstić information content (AvgIpc) is 3.34. The second-order valence-electron chi connectivity index (χ2n) is 22.2. The van der Waals surface area contributed by atoms with Crippen molar-refractivity contribution in [1.82, 2.24) is 0 Å². The molecule has 0 amide bonds. The predicted molar refractivity (Wildman–Crippen MR) is 301 cm³/mol. The van der Waals surface area contributed by atoms with E-state index in [0.29, 0.717) is 25.4 Å². The number of carbonyl (C=O) groups is 2. The summed E-state index contributed by atoms with van der Waals surface area (Å²) in [4.78, 5) is 25.7. The van der Waals surface area contributed by atoms with Gasteiger partial charge in [-0.3, -0.25) is 9.59 Å². The van der Waals surface area contributed by atoms with Gasteiger partial charge in [0.2, 0.25) is 0 Å². The van der Waals surface area contributed by atoms with Gasteiger partial charge in [0.25, 0.3) is 0 Å². The quantitative estimate of drug-likeness (QED) is 0.0450. The monoisotopic (exact) mass is 959 g/mol. The lowest BCUT2D eigenvalue weighted by Gasteiger charge is -2.18. The maximum absolute atomic E-state index is 12.9. The molecule has 0 heterocycles. The van der Waals surface area contributed by atoms with Crippen LogP contribution < -0.4 is 0 Å². The zero-order chi connectivity index (χ0) is 49.3.